The molecule has 102 valence electrons. The number of carbonyl (C=O) groups excluding carboxylic acids is 1. The normalized spacial score (nSPS) is 10.8. The predicted octanol–water partition coefficient (Wildman–Crippen LogP) is 3.09. The summed E-state index contributed by atoms with van der Waals surface area (Å²) in [6.07, 6.45) is 1.05. The number of rotatable bonds is 5. The number of ether oxygens (including phenoxy) is 1. The zero-order valence-corrected chi connectivity index (χ0v) is 11.7. The van der Waals surface area contributed by atoms with Crippen LogP contribution < -0.4 is 5.32 Å². The van der Waals surface area contributed by atoms with Crippen molar-refractivity contribution >= 4 is 11.6 Å². The highest BCUT2D eigenvalue weighted by Gasteiger charge is 2.10. The maximum atomic E-state index is 11.7. The van der Waals surface area contributed by atoms with Crippen LogP contribution in [0.3, 0.4) is 0 Å². The maximum Gasteiger partial charge on any atom is 0.224 e. The molecule has 0 aliphatic heterocycles. The first-order valence-corrected chi connectivity index (χ1v) is 6.35. The lowest BCUT2D eigenvalue weighted by molar-refractivity contribution is -0.116. The minimum Gasteiger partial charge on any atom is -0.376 e. The minimum absolute atomic E-state index is 0.0970. The molecule has 0 saturated heterocycles. The van der Waals surface area contributed by atoms with E-state index in [4.69, 9.17) is 10.00 Å². The molecule has 0 spiro atoms. The van der Waals surface area contributed by atoms with E-state index in [1.54, 1.807) is 24.3 Å². The van der Waals surface area contributed by atoms with Gasteiger partial charge in [0.05, 0.1) is 16.9 Å². The van der Waals surface area contributed by atoms with Crippen LogP contribution in [0, 0.1) is 11.3 Å². The summed E-state index contributed by atoms with van der Waals surface area (Å²) in [4.78, 5) is 11.7. The van der Waals surface area contributed by atoms with Crippen LogP contribution in [0.4, 0.5) is 5.69 Å². The molecule has 0 unspecified atom stereocenters. The molecule has 1 rings (SSSR count). The van der Waals surface area contributed by atoms with Gasteiger partial charge >= 0.3 is 0 Å². The van der Waals surface area contributed by atoms with E-state index in [9.17, 15) is 4.79 Å². The van der Waals surface area contributed by atoms with Crippen LogP contribution in [-0.2, 0) is 9.53 Å². The van der Waals surface area contributed by atoms with Crippen LogP contribution in [0.25, 0.3) is 0 Å². The third-order valence-electron chi connectivity index (χ3n) is 2.40. The number of nitriles is 1. The fourth-order valence-corrected chi connectivity index (χ4v) is 1.51. The molecule has 1 amide bonds. The highest BCUT2D eigenvalue weighted by molar-refractivity contribution is 5.92. The van der Waals surface area contributed by atoms with Gasteiger partial charge in [0.1, 0.15) is 6.07 Å². The Morgan fingerprint density at radius 2 is 2.05 bits per heavy atom. The summed E-state index contributed by atoms with van der Waals surface area (Å²) in [6.45, 7) is 6.50. The summed E-state index contributed by atoms with van der Waals surface area (Å²) in [6, 6.07) is 9.01. The number of nitrogens with one attached hydrogen (secondary N) is 1. The summed E-state index contributed by atoms with van der Waals surface area (Å²) in [5.41, 5.74) is 0.859. The van der Waals surface area contributed by atoms with Gasteiger partial charge in [0.15, 0.2) is 0 Å². The van der Waals surface area contributed by atoms with Gasteiger partial charge in [-0.15, -0.1) is 0 Å². The molecule has 0 aliphatic rings. The van der Waals surface area contributed by atoms with E-state index in [1.807, 2.05) is 26.8 Å². The van der Waals surface area contributed by atoms with Crippen LogP contribution in [-0.4, -0.2) is 18.1 Å². The Hall–Kier alpha value is -1.86. The molecule has 0 bridgehead atoms. The smallest absolute Gasteiger partial charge is 0.224 e. The minimum atomic E-state index is -0.177. The molecule has 0 heterocycles. The van der Waals surface area contributed by atoms with Gasteiger partial charge in [0, 0.05) is 13.0 Å². The zero-order valence-electron chi connectivity index (χ0n) is 11.7. The quantitative estimate of drug-likeness (QED) is 0.827. The SMILES string of the molecule is CC(C)(C)OCCCC(=O)Nc1ccccc1C#N. The Morgan fingerprint density at radius 1 is 1.37 bits per heavy atom. The van der Waals surface area contributed by atoms with E-state index in [0.717, 1.165) is 0 Å². The second-order valence-electron chi connectivity index (χ2n) is 5.27. The fourth-order valence-electron chi connectivity index (χ4n) is 1.51. The van der Waals surface area contributed by atoms with Crippen LogP contribution in [0.2, 0.25) is 0 Å². The number of nitrogens with zero attached hydrogens (tertiary/aromatic N) is 1. The Kier molecular flexibility index (Phi) is 5.53. The first-order chi connectivity index (χ1) is 8.92. The molecule has 4 heteroatoms. The standard InChI is InChI=1S/C15H20N2O2/c1-15(2,3)19-10-6-9-14(18)17-13-8-5-4-7-12(13)11-16/h4-5,7-8H,6,9-10H2,1-3H3,(H,17,18). The number of amides is 1. The average molecular weight is 260 g/mol. The van der Waals surface area contributed by atoms with Crippen molar-refractivity contribution < 1.29 is 9.53 Å². The van der Waals surface area contributed by atoms with Crippen molar-refractivity contribution in [2.24, 2.45) is 0 Å². The van der Waals surface area contributed by atoms with Crippen LogP contribution >= 0.6 is 0 Å². The second-order valence-corrected chi connectivity index (χ2v) is 5.27. The van der Waals surface area contributed by atoms with Crippen LogP contribution in [0.5, 0.6) is 0 Å². The van der Waals surface area contributed by atoms with Gasteiger partial charge in [0.25, 0.3) is 0 Å². The molecule has 1 aromatic carbocycles. The van der Waals surface area contributed by atoms with Crippen LogP contribution in [0.15, 0.2) is 24.3 Å². The van der Waals surface area contributed by atoms with Crippen molar-refractivity contribution in [3.05, 3.63) is 29.8 Å². The topological polar surface area (TPSA) is 62.1 Å². The van der Waals surface area contributed by atoms with Gasteiger partial charge in [-0.3, -0.25) is 4.79 Å². The summed E-state index contributed by atoms with van der Waals surface area (Å²) in [5.74, 6) is -0.0970. The van der Waals surface area contributed by atoms with Crippen LogP contribution in [0.1, 0.15) is 39.2 Å². The lowest BCUT2D eigenvalue weighted by Gasteiger charge is -2.19. The van der Waals surface area contributed by atoms with Crippen molar-refractivity contribution in [3.63, 3.8) is 0 Å². The van der Waals surface area contributed by atoms with Crippen molar-refractivity contribution in [1.29, 1.82) is 5.26 Å². The lowest BCUT2D eigenvalue weighted by Crippen LogP contribution is -2.20. The summed E-state index contributed by atoms with van der Waals surface area (Å²) in [5, 5.41) is 11.7. The molecule has 0 fully saturated rings. The molecular formula is C15H20N2O2. The van der Waals surface area contributed by atoms with Gasteiger partial charge in [-0.25, -0.2) is 0 Å². The van der Waals surface area contributed by atoms with E-state index < -0.39 is 0 Å². The molecule has 1 aromatic rings. The Balaban J connectivity index is 2.38. The number of hydrogen-bond donors (Lipinski definition) is 1. The molecule has 0 aromatic heterocycles. The maximum absolute atomic E-state index is 11.7. The second kappa shape index (κ2) is 6.91. The lowest BCUT2D eigenvalue weighted by atomic mass is 10.2. The molecule has 0 aliphatic carbocycles. The number of para-hydroxylation sites is 1. The monoisotopic (exact) mass is 260 g/mol. The number of anilines is 1. The first-order valence-electron chi connectivity index (χ1n) is 6.35. The van der Waals surface area contributed by atoms with Crippen molar-refractivity contribution in [2.75, 3.05) is 11.9 Å². The van der Waals surface area contributed by atoms with Gasteiger partial charge in [-0.2, -0.15) is 5.26 Å². The highest BCUT2D eigenvalue weighted by atomic mass is 16.5. The molecule has 0 atom stereocenters. The largest absolute Gasteiger partial charge is 0.376 e. The Bertz CT molecular complexity index is 470. The molecular weight excluding hydrogens is 240 g/mol. The third-order valence-corrected chi connectivity index (χ3v) is 2.40. The number of benzene rings is 1. The molecule has 0 saturated carbocycles. The van der Waals surface area contributed by atoms with E-state index in [-0.39, 0.29) is 11.5 Å². The first kappa shape index (κ1) is 15.2. The van der Waals surface area contributed by atoms with Gasteiger partial charge < -0.3 is 10.1 Å². The predicted molar refractivity (Wildman–Crippen MR) is 74.7 cm³/mol. The molecule has 1 N–H and O–H groups in total. The Labute approximate surface area is 114 Å². The summed E-state index contributed by atoms with van der Waals surface area (Å²) in [7, 11) is 0. The van der Waals surface area contributed by atoms with Crippen molar-refractivity contribution in [3.8, 4) is 6.07 Å². The number of hydrogen-bond acceptors (Lipinski definition) is 3. The number of carbonyl (C=O) groups is 1. The van der Waals surface area contributed by atoms with E-state index in [1.165, 1.54) is 0 Å². The fraction of sp³-hybridized carbons (Fsp3) is 0.467. The highest BCUT2D eigenvalue weighted by Crippen LogP contribution is 2.14. The molecule has 4 nitrogen and oxygen atoms in total. The summed E-state index contributed by atoms with van der Waals surface area (Å²) < 4.78 is 5.54. The van der Waals surface area contributed by atoms with Gasteiger partial charge in [-0.1, -0.05) is 12.1 Å². The van der Waals surface area contributed by atoms with E-state index >= 15 is 0 Å². The van der Waals surface area contributed by atoms with E-state index in [2.05, 4.69) is 5.32 Å². The Morgan fingerprint density at radius 3 is 2.68 bits per heavy atom. The van der Waals surface area contributed by atoms with E-state index in [0.29, 0.717) is 30.7 Å². The van der Waals surface area contributed by atoms with Gasteiger partial charge in [-0.05, 0) is 39.3 Å². The molecule has 19 heavy (non-hydrogen) atoms. The van der Waals surface area contributed by atoms with Crippen molar-refractivity contribution in [2.45, 2.75) is 39.2 Å². The van der Waals surface area contributed by atoms with Crippen molar-refractivity contribution in [1.82, 2.24) is 0 Å². The summed E-state index contributed by atoms with van der Waals surface area (Å²) >= 11 is 0. The third kappa shape index (κ3) is 6.03. The average Bonchev–Trinajstić information content (AvgIpc) is 2.34. The zero-order chi connectivity index (χ0) is 14.3. The molecule has 0 radical (unpaired) electrons. The van der Waals surface area contributed by atoms with Gasteiger partial charge in [0.2, 0.25) is 5.91 Å².